The molecule has 2 rings (SSSR count). The number of anilines is 1. The van der Waals surface area contributed by atoms with Gasteiger partial charge in [0.05, 0.1) is 10.6 Å². The summed E-state index contributed by atoms with van der Waals surface area (Å²) in [5.74, 6) is 0.263. The highest BCUT2D eigenvalue weighted by Gasteiger charge is 2.24. The number of piperidine rings is 1. The number of rotatable bonds is 4. The Morgan fingerprint density at radius 2 is 2.15 bits per heavy atom. The largest absolute Gasteiger partial charge is 0.478 e. The lowest BCUT2D eigenvalue weighted by Gasteiger charge is -2.34. The molecule has 0 radical (unpaired) electrons. The number of hydrogen-bond acceptors (Lipinski definition) is 4. The van der Waals surface area contributed by atoms with Crippen molar-refractivity contribution in [3.63, 3.8) is 0 Å². The molecular formula is C14H20ClN3O2. The predicted octanol–water partition coefficient (Wildman–Crippen LogP) is 2.21. The average molecular weight is 298 g/mol. The Labute approximate surface area is 124 Å². The Bertz CT molecular complexity index is 485. The Hall–Kier alpha value is -1.33. The molecule has 0 unspecified atom stereocenters. The highest BCUT2D eigenvalue weighted by molar-refractivity contribution is 6.35. The van der Waals surface area contributed by atoms with E-state index in [-0.39, 0.29) is 10.6 Å². The number of aromatic carboxylic acids is 1. The topological polar surface area (TPSA) is 56.7 Å². The number of carbonyl (C=O) groups is 1. The van der Waals surface area contributed by atoms with Gasteiger partial charge in [0, 0.05) is 25.8 Å². The molecule has 0 atom stereocenters. The van der Waals surface area contributed by atoms with Crippen LogP contribution in [0.25, 0.3) is 0 Å². The maximum atomic E-state index is 11.1. The third kappa shape index (κ3) is 3.41. The number of aromatic nitrogens is 1. The molecule has 1 aliphatic rings. The SMILES string of the molecule is CN(C)CC1CCN(c2nccc(C(=O)O)c2Cl)CC1. The second-order valence-electron chi connectivity index (χ2n) is 5.49. The van der Waals surface area contributed by atoms with Gasteiger partial charge in [0.25, 0.3) is 0 Å². The molecule has 1 aliphatic heterocycles. The van der Waals surface area contributed by atoms with Crippen LogP contribution in [0, 0.1) is 5.92 Å². The summed E-state index contributed by atoms with van der Waals surface area (Å²) in [6, 6.07) is 1.44. The number of nitrogens with zero attached hydrogens (tertiary/aromatic N) is 3. The molecule has 0 aromatic carbocycles. The van der Waals surface area contributed by atoms with Gasteiger partial charge < -0.3 is 14.9 Å². The van der Waals surface area contributed by atoms with Gasteiger partial charge in [-0.1, -0.05) is 11.6 Å². The molecule has 20 heavy (non-hydrogen) atoms. The lowest BCUT2D eigenvalue weighted by molar-refractivity contribution is 0.0697. The molecule has 0 amide bonds. The maximum Gasteiger partial charge on any atom is 0.337 e. The van der Waals surface area contributed by atoms with Crippen LogP contribution < -0.4 is 4.90 Å². The molecule has 110 valence electrons. The normalized spacial score (nSPS) is 16.7. The Balaban J connectivity index is 2.07. The first-order valence-corrected chi connectivity index (χ1v) is 7.14. The van der Waals surface area contributed by atoms with Crippen molar-refractivity contribution >= 4 is 23.4 Å². The summed E-state index contributed by atoms with van der Waals surface area (Å²) >= 11 is 6.16. The van der Waals surface area contributed by atoms with E-state index in [2.05, 4.69) is 28.9 Å². The first-order valence-electron chi connectivity index (χ1n) is 6.76. The first-order chi connectivity index (χ1) is 9.49. The molecule has 0 bridgehead atoms. The highest BCUT2D eigenvalue weighted by atomic mass is 35.5. The zero-order valence-corrected chi connectivity index (χ0v) is 12.6. The lowest BCUT2D eigenvalue weighted by Crippen LogP contribution is -2.37. The summed E-state index contributed by atoms with van der Waals surface area (Å²) in [6.07, 6.45) is 3.66. The number of pyridine rings is 1. The van der Waals surface area contributed by atoms with Crippen LogP contribution in [0.4, 0.5) is 5.82 Å². The molecule has 6 heteroatoms. The molecule has 1 aromatic rings. The molecule has 1 aromatic heterocycles. The Morgan fingerprint density at radius 1 is 1.50 bits per heavy atom. The second-order valence-corrected chi connectivity index (χ2v) is 5.87. The van der Waals surface area contributed by atoms with Crippen molar-refractivity contribution in [3.05, 3.63) is 22.8 Å². The van der Waals surface area contributed by atoms with Gasteiger partial charge in [-0.2, -0.15) is 0 Å². The van der Waals surface area contributed by atoms with Gasteiger partial charge in [-0.05, 0) is 38.9 Å². The van der Waals surface area contributed by atoms with E-state index >= 15 is 0 Å². The van der Waals surface area contributed by atoms with Crippen LogP contribution in [-0.4, -0.2) is 54.7 Å². The summed E-state index contributed by atoms with van der Waals surface area (Å²) in [6.45, 7) is 2.83. The number of halogens is 1. The summed E-state index contributed by atoms with van der Waals surface area (Å²) in [5.41, 5.74) is 0.118. The van der Waals surface area contributed by atoms with Crippen LogP contribution in [0.1, 0.15) is 23.2 Å². The molecule has 1 fully saturated rings. The molecule has 2 heterocycles. The molecule has 1 saturated heterocycles. The zero-order chi connectivity index (χ0) is 14.7. The third-order valence-electron chi connectivity index (χ3n) is 3.64. The lowest BCUT2D eigenvalue weighted by atomic mass is 9.96. The van der Waals surface area contributed by atoms with Crippen LogP contribution in [0.2, 0.25) is 5.02 Å². The molecule has 1 N–H and O–H groups in total. The quantitative estimate of drug-likeness (QED) is 0.923. The summed E-state index contributed by atoms with van der Waals surface area (Å²) in [7, 11) is 4.17. The van der Waals surface area contributed by atoms with E-state index in [9.17, 15) is 4.79 Å². The number of carboxylic acid groups (broad SMARTS) is 1. The van der Waals surface area contributed by atoms with Crippen molar-refractivity contribution in [2.24, 2.45) is 5.92 Å². The van der Waals surface area contributed by atoms with Crippen LogP contribution in [-0.2, 0) is 0 Å². The zero-order valence-electron chi connectivity index (χ0n) is 11.8. The van der Waals surface area contributed by atoms with E-state index in [1.165, 1.54) is 12.3 Å². The van der Waals surface area contributed by atoms with Crippen molar-refractivity contribution in [2.45, 2.75) is 12.8 Å². The molecule has 0 saturated carbocycles. The Morgan fingerprint density at radius 3 is 2.70 bits per heavy atom. The smallest absolute Gasteiger partial charge is 0.337 e. The summed E-state index contributed by atoms with van der Waals surface area (Å²) in [5, 5.41) is 9.34. The second kappa shape index (κ2) is 6.41. The fourth-order valence-corrected chi connectivity index (χ4v) is 2.97. The molecular weight excluding hydrogens is 278 g/mol. The van der Waals surface area contributed by atoms with E-state index in [4.69, 9.17) is 16.7 Å². The third-order valence-corrected chi connectivity index (χ3v) is 4.01. The van der Waals surface area contributed by atoms with Crippen molar-refractivity contribution < 1.29 is 9.90 Å². The van der Waals surface area contributed by atoms with Crippen LogP contribution >= 0.6 is 11.6 Å². The van der Waals surface area contributed by atoms with E-state index in [1.807, 2.05) is 0 Å². The van der Waals surface area contributed by atoms with Gasteiger partial charge in [-0.3, -0.25) is 0 Å². The van der Waals surface area contributed by atoms with Crippen molar-refractivity contribution in [3.8, 4) is 0 Å². The van der Waals surface area contributed by atoms with Crippen molar-refractivity contribution in [1.82, 2.24) is 9.88 Å². The fraction of sp³-hybridized carbons (Fsp3) is 0.571. The van der Waals surface area contributed by atoms with E-state index in [0.717, 1.165) is 32.5 Å². The number of carboxylic acids is 1. The monoisotopic (exact) mass is 297 g/mol. The van der Waals surface area contributed by atoms with Gasteiger partial charge in [0.2, 0.25) is 0 Å². The minimum absolute atomic E-state index is 0.118. The van der Waals surface area contributed by atoms with Gasteiger partial charge in [0.1, 0.15) is 5.82 Å². The molecule has 5 nitrogen and oxygen atoms in total. The summed E-state index contributed by atoms with van der Waals surface area (Å²) in [4.78, 5) is 19.6. The molecule has 0 spiro atoms. The van der Waals surface area contributed by atoms with Crippen LogP contribution in [0.15, 0.2) is 12.3 Å². The molecule has 0 aliphatic carbocycles. The van der Waals surface area contributed by atoms with Gasteiger partial charge in [0.15, 0.2) is 0 Å². The fourth-order valence-electron chi connectivity index (χ4n) is 2.66. The maximum absolute atomic E-state index is 11.1. The minimum Gasteiger partial charge on any atom is -0.478 e. The predicted molar refractivity (Wildman–Crippen MR) is 79.7 cm³/mol. The van der Waals surface area contributed by atoms with Gasteiger partial charge in [-0.15, -0.1) is 0 Å². The minimum atomic E-state index is -1.01. The summed E-state index contributed by atoms with van der Waals surface area (Å²) < 4.78 is 0. The van der Waals surface area contributed by atoms with Crippen LogP contribution in [0.3, 0.4) is 0 Å². The first kappa shape index (κ1) is 15.1. The standard InChI is InChI=1S/C14H20ClN3O2/c1-17(2)9-10-4-7-18(8-5-10)13-12(15)11(14(19)20)3-6-16-13/h3,6,10H,4-5,7-9H2,1-2H3,(H,19,20). The average Bonchev–Trinajstić information content (AvgIpc) is 2.39. The van der Waals surface area contributed by atoms with Crippen LogP contribution in [0.5, 0.6) is 0 Å². The van der Waals surface area contributed by atoms with E-state index in [1.54, 1.807) is 0 Å². The van der Waals surface area contributed by atoms with E-state index in [0.29, 0.717) is 11.7 Å². The van der Waals surface area contributed by atoms with Gasteiger partial charge in [-0.25, -0.2) is 9.78 Å². The number of hydrogen-bond donors (Lipinski definition) is 1. The van der Waals surface area contributed by atoms with Gasteiger partial charge >= 0.3 is 5.97 Å². The highest BCUT2D eigenvalue weighted by Crippen LogP contribution is 2.30. The van der Waals surface area contributed by atoms with Crippen molar-refractivity contribution in [1.29, 1.82) is 0 Å². The Kier molecular flexibility index (Phi) is 4.83. The van der Waals surface area contributed by atoms with Crippen molar-refractivity contribution in [2.75, 3.05) is 38.6 Å². The van der Waals surface area contributed by atoms with E-state index < -0.39 is 5.97 Å².